The van der Waals surface area contributed by atoms with Crippen molar-refractivity contribution in [2.24, 2.45) is 0 Å². The van der Waals surface area contributed by atoms with Crippen molar-refractivity contribution in [3.05, 3.63) is 83.8 Å². The highest BCUT2D eigenvalue weighted by Gasteiger charge is 2.19. The number of benzene rings is 2. The van der Waals surface area contributed by atoms with E-state index in [9.17, 15) is 9.18 Å². The van der Waals surface area contributed by atoms with Crippen molar-refractivity contribution in [3.63, 3.8) is 0 Å². The van der Waals surface area contributed by atoms with Gasteiger partial charge in [0.25, 0.3) is 0 Å². The first-order valence-electron chi connectivity index (χ1n) is 9.81. The van der Waals surface area contributed by atoms with Crippen LogP contribution in [-0.2, 0) is 11.3 Å². The zero-order valence-electron chi connectivity index (χ0n) is 17.5. The lowest BCUT2D eigenvalue weighted by molar-refractivity contribution is -0.116. The lowest BCUT2D eigenvalue weighted by atomic mass is 9.96. The first-order valence-corrected chi connectivity index (χ1v) is 9.81. The normalized spacial score (nSPS) is 11.7. The molecule has 2 aromatic carbocycles. The van der Waals surface area contributed by atoms with E-state index >= 15 is 0 Å². The largest absolute Gasteiger partial charge is 0.496 e. The SMILES string of the molecule is COc1c(/C(C)=C/C(=O)NCc2ccco2)cc2c(-c3ccc(F)cc3)coc2c1C. The van der Waals surface area contributed by atoms with Gasteiger partial charge in [-0.25, -0.2) is 4.39 Å². The molecule has 0 aliphatic rings. The zero-order valence-corrected chi connectivity index (χ0v) is 17.5. The third-order valence-corrected chi connectivity index (χ3v) is 5.19. The minimum absolute atomic E-state index is 0.236. The van der Waals surface area contributed by atoms with Gasteiger partial charge in [-0.15, -0.1) is 0 Å². The molecule has 4 rings (SSSR count). The monoisotopic (exact) mass is 419 g/mol. The van der Waals surface area contributed by atoms with Crippen LogP contribution in [0.25, 0.3) is 27.7 Å². The second-order valence-corrected chi connectivity index (χ2v) is 7.24. The Bertz CT molecular complexity index is 1250. The highest BCUT2D eigenvalue weighted by atomic mass is 19.1. The molecule has 0 spiro atoms. The lowest BCUT2D eigenvalue weighted by Gasteiger charge is -2.13. The van der Waals surface area contributed by atoms with Gasteiger partial charge in [0.1, 0.15) is 22.9 Å². The Labute approximate surface area is 179 Å². The number of rotatable bonds is 6. The van der Waals surface area contributed by atoms with E-state index in [1.807, 2.05) is 19.9 Å². The Kier molecular flexibility index (Phi) is 5.62. The van der Waals surface area contributed by atoms with Gasteiger partial charge in [-0.05, 0) is 55.3 Å². The maximum absolute atomic E-state index is 13.4. The summed E-state index contributed by atoms with van der Waals surface area (Å²) in [6, 6.07) is 11.8. The van der Waals surface area contributed by atoms with Crippen molar-refractivity contribution >= 4 is 22.4 Å². The second kappa shape index (κ2) is 8.52. The second-order valence-electron chi connectivity index (χ2n) is 7.24. The summed E-state index contributed by atoms with van der Waals surface area (Å²) >= 11 is 0. The predicted molar refractivity (Wildman–Crippen MR) is 117 cm³/mol. The number of methoxy groups -OCH3 is 1. The van der Waals surface area contributed by atoms with Crippen LogP contribution in [0.3, 0.4) is 0 Å². The van der Waals surface area contributed by atoms with Gasteiger partial charge in [0.05, 0.1) is 26.2 Å². The molecule has 0 saturated heterocycles. The number of fused-ring (bicyclic) bond motifs is 1. The number of halogens is 1. The average molecular weight is 419 g/mol. The number of furan rings is 2. The quantitative estimate of drug-likeness (QED) is 0.397. The van der Waals surface area contributed by atoms with Gasteiger partial charge in [0.15, 0.2) is 0 Å². The molecular weight excluding hydrogens is 397 g/mol. The molecule has 5 nitrogen and oxygen atoms in total. The van der Waals surface area contributed by atoms with Crippen LogP contribution in [0, 0.1) is 12.7 Å². The molecule has 1 amide bonds. The molecule has 0 radical (unpaired) electrons. The van der Waals surface area contributed by atoms with Crippen LogP contribution in [0.15, 0.2) is 69.9 Å². The number of nitrogens with one attached hydrogen (secondary N) is 1. The van der Waals surface area contributed by atoms with Gasteiger partial charge >= 0.3 is 0 Å². The van der Waals surface area contributed by atoms with E-state index in [1.54, 1.807) is 43.9 Å². The molecule has 0 atom stereocenters. The van der Waals surface area contributed by atoms with Gasteiger partial charge in [0, 0.05) is 28.2 Å². The molecule has 158 valence electrons. The van der Waals surface area contributed by atoms with E-state index in [-0.39, 0.29) is 11.7 Å². The number of hydrogen-bond acceptors (Lipinski definition) is 4. The van der Waals surface area contributed by atoms with Crippen molar-refractivity contribution in [2.45, 2.75) is 20.4 Å². The number of allylic oxidation sites excluding steroid dienone is 1. The van der Waals surface area contributed by atoms with Crippen LogP contribution in [0.4, 0.5) is 4.39 Å². The molecule has 4 aromatic rings. The first kappa shape index (κ1) is 20.5. The summed E-state index contributed by atoms with van der Waals surface area (Å²) in [6.45, 7) is 4.07. The van der Waals surface area contributed by atoms with Gasteiger partial charge in [-0.1, -0.05) is 12.1 Å². The third-order valence-electron chi connectivity index (χ3n) is 5.19. The van der Waals surface area contributed by atoms with Crippen LogP contribution >= 0.6 is 0 Å². The number of aryl methyl sites for hydroxylation is 1. The summed E-state index contributed by atoms with van der Waals surface area (Å²) in [5, 5.41) is 3.67. The van der Waals surface area contributed by atoms with Crippen molar-refractivity contribution in [3.8, 4) is 16.9 Å². The van der Waals surface area contributed by atoms with Crippen molar-refractivity contribution in [1.82, 2.24) is 5.32 Å². The Morgan fingerprint density at radius 1 is 1.19 bits per heavy atom. The molecule has 0 saturated carbocycles. The molecule has 31 heavy (non-hydrogen) atoms. The van der Waals surface area contributed by atoms with Crippen LogP contribution < -0.4 is 10.1 Å². The van der Waals surface area contributed by atoms with Crippen molar-refractivity contribution in [1.29, 1.82) is 0 Å². The summed E-state index contributed by atoms with van der Waals surface area (Å²) < 4.78 is 30.1. The van der Waals surface area contributed by atoms with Crippen LogP contribution in [0.5, 0.6) is 5.75 Å². The molecule has 6 heteroatoms. The van der Waals surface area contributed by atoms with Gasteiger partial charge in [0.2, 0.25) is 5.91 Å². The topological polar surface area (TPSA) is 64.6 Å². The average Bonchev–Trinajstić information content (AvgIpc) is 3.43. The molecule has 2 heterocycles. The number of carbonyl (C=O) groups is 1. The Morgan fingerprint density at radius 3 is 2.65 bits per heavy atom. The number of hydrogen-bond donors (Lipinski definition) is 1. The maximum atomic E-state index is 13.4. The van der Waals surface area contributed by atoms with Crippen LogP contribution in [0.2, 0.25) is 0 Å². The standard InChI is InChI=1S/C25H22FNO4/c1-15(11-23(28)27-13-19-5-4-10-30-19)20-12-21-22(17-6-8-18(26)9-7-17)14-31-25(21)16(2)24(20)29-3/h4-12,14H,13H2,1-3H3,(H,27,28)/b15-11+. The number of amides is 1. The number of ether oxygens (including phenoxy) is 1. The smallest absolute Gasteiger partial charge is 0.244 e. The molecule has 0 unspecified atom stereocenters. The minimum atomic E-state index is -0.297. The van der Waals surface area contributed by atoms with Gasteiger partial charge < -0.3 is 18.9 Å². The fraction of sp³-hybridized carbons (Fsp3) is 0.160. The van der Waals surface area contributed by atoms with E-state index < -0.39 is 0 Å². The van der Waals surface area contributed by atoms with E-state index in [0.29, 0.717) is 23.6 Å². The lowest BCUT2D eigenvalue weighted by Crippen LogP contribution is -2.20. The van der Waals surface area contributed by atoms with E-state index in [2.05, 4.69) is 5.32 Å². The first-order chi connectivity index (χ1) is 15.0. The molecule has 2 aromatic heterocycles. The Morgan fingerprint density at radius 2 is 1.97 bits per heavy atom. The molecule has 0 aliphatic carbocycles. The van der Waals surface area contributed by atoms with Gasteiger partial charge in [-0.2, -0.15) is 0 Å². The van der Waals surface area contributed by atoms with Gasteiger partial charge in [-0.3, -0.25) is 4.79 Å². The Hall–Kier alpha value is -3.80. The molecular formula is C25H22FNO4. The zero-order chi connectivity index (χ0) is 22.0. The van der Waals surface area contributed by atoms with Crippen molar-refractivity contribution in [2.75, 3.05) is 7.11 Å². The third kappa shape index (κ3) is 4.10. The molecule has 0 bridgehead atoms. The molecule has 0 aliphatic heterocycles. The summed E-state index contributed by atoms with van der Waals surface area (Å²) in [5.74, 6) is 0.783. The van der Waals surface area contributed by atoms with E-state index in [4.69, 9.17) is 13.6 Å². The van der Waals surface area contributed by atoms with Crippen LogP contribution in [-0.4, -0.2) is 13.0 Å². The molecule has 1 N–H and O–H groups in total. The van der Waals surface area contributed by atoms with Crippen LogP contribution in [0.1, 0.15) is 23.8 Å². The highest BCUT2D eigenvalue weighted by molar-refractivity contribution is 6.01. The fourth-order valence-electron chi connectivity index (χ4n) is 3.64. The highest BCUT2D eigenvalue weighted by Crippen LogP contribution is 2.40. The van der Waals surface area contributed by atoms with E-state index in [0.717, 1.165) is 33.2 Å². The van der Waals surface area contributed by atoms with Crippen molar-refractivity contribution < 1.29 is 22.8 Å². The fourth-order valence-corrected chi connectivity index (χ4v) is 3.64. The molecule has 0 fully saturated rings. The summed E-state index contributed by atoms with van der Waals surface area (Å²) in [7, 11) is 1.59. The maximum Gasteiger partial charge on any atom is 0.244 e. The minimum Gasteiger partial charge on any atom is -0.496 e. The predicted octanol–water partition coefficient (Wildman–Crippen LogP) is 5.87. The summed E-state index contributed by atoms with van der Waals surface area (Å²) in [5.41, 5.74) is 4.73. The Balaban J connectivity index is 1.72. The summed E-state index contributed by atoms with van der Waals surface area (Å²) in [4.78, 5) is 12.4. The van der Waals surface area contributed by atoms with E-state index in [1.165, 1.54) is 18.2 Å². The summed E-state index contributed by atoms with van der Waals surface area (Å²) in [6.07, 6.45) is 4.75. The number of carbonyl (C=O) groups excluding carboxylic acids is 1.